The van der Waals surface area contributed by atoms with Crippen molar-refractivity contribution >= 4 is 0 Å². The summed E-state index contributed by atoms with van der Waals surface area (Å²) in [7, 11) is 0. The zero-order chi connectivity index (χ0) is 7.87. The lowest BCUT2D eigenvalue weighted by molar-refractivity contribution is -0.183. The van der Waals surface area contributed by atoms with Gasteiger partial charge in [0, 0.05) is 11.8 Å². The number of ether oxygens (including phenoxy) is 3. The number of fused-ring (bicyclic) bond motifs is 2. The minimum Gasteiger partial charge on any atom is -0.390 e. The van der Waals surface area contributed by atoms with E-state index in [1.54, 1.807) is 0 Å². The maximum absolute atomic E-state index is 9.80. The van der Waals surface area contributed by atoms with E-state index in [4.69, 9.17) is 14.2 Å². The highest BCUT2D eigenvalue weighted by Crippen LogP contribution is 2.58. The average molecular weight is 170 g/mol. The fourth-order valence-corrected chi connectivity index (χ4v) is 2.87. The van der Waals surface area contributed by atoms with E-state index in [1.165, 1.54) is 0 Å². The second kappa shape index (κ2) is 1.70. The number of hydrogen-bond donors (Lipinski definition) is 1. The summed E-state index contributed by atoms with van der Waals surface area (Å²) in [6, 6.07) is 0. The smallest absolute Gasteiger partial charge is 0.164 e. The molecule has 2 bridgehead atoms. The number of aliphatic hydroxyl groups is 1. The molecule has 0 amide bonds. The molecule has 7 atom stereocenters. The molecule has 0 aromatic rings. The van der Waals surface area contributed by atoms with Crippen molar-refractivity contribution in [2.75, 3.05) is 6.61 Å². The van der Waals surface area contributed by atoms with E-state index < -0.39 is 0 Å². The van der Waals surface area contributed by atoms with Crippen molar-refractivity contribution in [3.05, 3.63) is 0 Å². The summed E-state index contributed by atoms with van der Waals surface area (Å²) in [5.41, 5.74) is 0. The van der Waals surface area contributed by atoms with Crippen LogP contribution in [-0.2, 0) is 14.2 Å². The van der Waals surface area contributed by atoms with Gasteiger partial charge in [0.2, 0.25) is 0 Å². The summed E-state index contributed by atoms with van der Waals surface area (Å²) >= 11 is 0. The van der Waals surface area contributed by atoms with Crippen LogP contribution in [0.2, 0.25) is 0 Å². The van der Waals surface area contributed by atoms with Gasteiger partial charge in [-0.05, 0) is 0 Å². The Morgan fingerprint density at radius 3 is 2.92 bits per heavy atom. The van der Waals surface area contributed by atoms with Gasteiger partial charge in [0.05, 0.1) is 24.9 Å². The summed E-state index contributed by atoms with van der Waals surface area (Å²) in [5.74, 6) is 0.602. The SMILES string of the molecule is OC1C2COC3C4OC(O2)C1C34. The van der Waals surface area contributed by atoms with E-state index >= 15 is 0 Å². The Kier molecular flexibility index (Phi) is 0.896. The Morgan fingerprint density at radius 1 is 1.08 bits per heavy atom. The Balaban J connectivity index is 1.81. The van der Waals surface area contributed by atoms with Crippen LogP contribution in [0.4, 0.5) is 0 Å². The molecule has 0 aromatic carbocycles. The molecule has 0 aromatic heterocycles. The van der Waals surface area contributed by atoms with Crippen LogP contribution in [0.15, 0.2) is 0 Å². The molecule has 1 N–H and O–H groups in total. The molecule has 0 spiro atoms. The van der Waals surface area contributed by atoms with Gasteiger partial charge in [0.15, 0.2) is 6.29 Å². The van der Waals surface area contributed by atoms with Gasteiger partial charge >= 0.3 is 0 Å². The number of aliphatic hydroxyl groups excluding tert-OH is 1. The largest absolute Gasteiger partial charge is 0.390 e. The molecular formula is C8H10O4. The van der Waals surface area contributed by atoms with E-state index in [0.717, 1.165) is 0 Å². The van der Waals surface area contributed by atoms with Crippen molar-refractivity contribution in [2.45, 2.75) is 30.7 Å². The van der Waals surface area contributed by atoms with Crippen LogP contribution in [0.1, 0.15) is 0 Å². The van der Waals surface area contributed by atoms with Gasteiger partial charge in [-0.2, -0.15) is 0 Å². The average Bonchev–Trinajstić information content (AvgIpc) is 2.45. The maximum Gasteiger partial charge on any atom is 0.164 e. The molecule has 66 valence electrons. The molecule has 3 heterocycles. The van der Waals surface area contributed by atoms with Crippen molar-refractivity contribution in [3.8, 4) is 0 Å². The van der Waals surface area contributed by atoms with E-state index in [0.29, 0.717) is 12.5 Å². The summed E-state index contributed by atoms with van der Waals surface area (Å²) in [5, 5.41) is 9.80. The highest BCUT2D eigenvalue weighted by molar-refractivity contribution is 5.16. The lowest BCUT2D eigenvalue weighted by Gasteiger charge is -2.18. The topological polar surface area (TPSA) is 47.9 Å². The van der Waals surface area contributed by atoms with Crippen LogP contribution in [0.5, 0.6) is 0 Å². The van der Waals surface area contributed by atoms with E-state index in [1.807, 2.05) is 0 Å². The van der Waals surface area contributed by atoms with Gasteiger partial charge in [0.25, 0.3) is 0 Å². The fourth-order valence-electron chi connectivity index (χ4n) is 2.87. The van der Waals surface area contributed by atoms with Crippen LogP contribution >= 0.6 is 0 Å². The first-order valence-electron chi connectivity index (χ1n) is 4.47. The van der Waals surface area contributed by atoms with Crippen LogP contribution in [0.25, 0.3) is 0 Å². The van der Waals surface area contributed by atoms with Crippen LogP contribution in [-0.4, -0.2) is 42.4 Å². The van der Waals surface area contributed by atoms with Gasteiger partial charge in [0.1, 0.15) is 6.10 Å². The third-order valence-electron chi connectivity index (χ3n) is 3.53. The predicted molar refractivity (Wildman–Crippen MR) is 36.3 cm³/mol. The van der Waals surface area contributed by atoms with Gasteiger partial charge in [-0.3, -0.25) is 0 Å². The first kappa shape index (κ1) is 6.32. The molecule has 4 nitrogen and oxygen atoms in total. The van der Waals surface area contributed by atoms with Crippen LogP contribution in [0.3, 0.4) is 0 Å². The normalized spacial score (nSPS) is 71.2. The van der Waals surface area contributed by atoms with Crippen molar-refractivity contribution in [1.29, 1.82) is 0 Å². The molecule has 1 saturated carbocycles. The standard InChI is InChI=1S/C8H10O4/c9-5-2-1-10-6-4-3(5)8(11-2)12-7(4)6/h2-9H,1H2. The molecule has 1 aliphatic carbocycles. The molecule has 3 saturated heterocycles. The zero-order valence-corrected chi connectivity index (χ0v) is 6.42. The van der Waals surface area contributed by atoms with Gasteiger partial charge in [-0.15, -0.1) is 0 Å². The summed E-state index contributed by atoms with van der Waals surface area (Å²) in [6.07, 6.45) is -0.169. The molecule has 3 aliphatic heterocycles. The van der Waals surface area contributed by atoms with Crippen molar-refractivity contribution < 1.29 is 19.3 Å². The monoisotopic (exact) mass is 170 g/mol. The molecule has 4 fully saturated rings. The third kappa shape index (κ3) is 0.510. The van der Waals surface area contributed by atoms with E-state index in [9.17, 15) is 5.11 Å². The van der Waals surface area contributed by atoms with Gasteiger partial charge < -0.3 is 19.3 Å². The van der Waals surface area contributed by atoms with Gasteiger partial charge in [-0.1, -0.05) is 0 Å². The number of hydrogen-bond acceptors (Lipinski definition) is 4. The second-order valence-electron chi connectivity index (χ2n) is 4.09. The molecule has 4 aliphatic rings. The Morgan fingerprint density at radius 2 is 2.00 bits per heavy atom. The molecule has 12 heavy (non-hydrogen) atoms. The lowest BCUT2D eigenvalue weighted by Crippen LogP contribution is -2.29. The van der Waals surface area contributed by atoms with Crippen LogP contribution < -0.4 is 0 Å². The minimum absolute atomic E-state index is 0.139. The third-order valence-corrected chi connectivity index (χ3v) is 3.53. The van der Waals surface area contributed by atoms with E-state index in [-0.39, 0.29) is 36.6 Å². The van der Waals surface area contributed by atoms with Crippen molar-refractivity contribution in [3.63, 3.8) is 0 Å². The van der Waals surface area contributed by atoms with Gasteiger partial charge in [-0.25, -0.2) is 0 Å². The second-order valence-corrected chi connectivity index (χ2v) is 4.09. The first-order valence-corrected chi connectivity index (χ1v) is 4.47. The van der Waals surface area contributed by atoms with Crippen molar-refractivity contribution in [1.82, 2.24) is 0 Å². The number of rotatable bonds is 0. The predicted octanol–water partition coefficient (Wildman–Crippen LogP) is -0.884. The molecule has 4 heteroatoms. The molecule has 0 radical (unpaired) electrons. The maximum atomic E-state index is 9.80. The van der Waals surface area contributed by atoms with Crippen molar-refractivity contribution in [2.24, 2.45) is 11.8 Å². The molecule has 7 unspecified atom stereocenters. The fraction of sp³-hybridized carbons (Fsp3) is 1.00. The highest BCUT2D eigenvalue weighted by Gasteiger charge is 2.72. The van der Waals surface area contributed by atoms with E-state index in [2.05, 4.69) is 0 Å². The zero-order valence-electron chi connectivity index (χ0n) is 6.42. The van der Waals surface area contributed by atoms with Crippen LogP contribution in [0, 0.1) is 11.8 Å². The molecular weight excluding hydrogens is 160 g/mol. The summed E-state index contributed by atoms with van der Waals surface area (Å²) < 4.78 is 16.6. The summed E-state index contributed by atoms with van der Waals surface area (Å²) in [6.45, 7) is 0.537. The quantitative estimate of drug-likeness (QED) is 0.512. The lowest BCUT2D eigenvalue weighted by atomic mass is 9.97. The Hall–Kier alpha value is -0.160. The molecule has 4 rings (SSSR count). The minimum atomic E-state index is -0.363. The Bertz CT molecular complexity index is 237. The summed E-state index contributed by atoms with van der Waals surface area (Å²) in [4.78, 5) is 0. The highest BCUT2D eigenvalue weighted by atomic mass is 16.7. The Labute approximate surface area is 69.4 Å². The first-order chi connectivity index (χ1) is 5.86.